The van der Waals surface area contributed by atoms with Gasteiger partial charge >= 0.3 is 0 Å². The smallest absolute Gasteiger partial charge is 0.238 e. The van der Waals surface area contributed by atoms with E-state index in [9.17, 15) is 4.79 Å². The van der Waals surface area contributed by atoms with Gasteiger partial charge in [-0.15, -0.1) is 0 Å². The van der Waals surface area contributed by atoms with Crippen LogP contribution in [0.5, 0.6) is 0 Å². The Kier molecular flexibility index (Phi) is 6.01. The minimum absolute atomic E-state index is 0.0625. The molecule has 26 heavy (non-hydrogen) atoms. The molecule has 2 aromatic rings. The Balaban J connectivity index is 1.49. The molecule has 0 radical (unpaired) electrons. The molecule has 1 amide bonds. The average molecular weight is 352 g/mol. The molecule has 1 aliphatic rings. The molecule has 0 saturated carbocycles. The first kappa shape index (κ1) is 18.5. The number of nitrogens with zero attached hydrogens (tertiary/aromatic N) is 3. The normalized spacial score (nSPS) is 17.0. The van der Waals surface area contributed by atoms with E-state index in [2.05, 4.69) is 46.1 Å². The zero-order chi connectivity index (χ0) is 18.5. The lowest BCUT2D eigenvalue weighted by Gasteiger charge is -2.37. The predicted molar refractivity (Wildman–Crippen MR) is 105 cm³/mol. The first-order valence-electron chi connectivity index (χ1n) is 9.27. The number of nitrogens with one attached hydrogen (secondary N) is 1. The van der Waals surface area contributed by atoms with Crippen LogP contribution < -0.4 is 5.32 Å². The Morgan fingerprint density at radius 3 is 2.62 bits per heavy atom. The van der Waals surface area contributed by atoms with Crippen molar-refractivity contribution in [3.05, 3.63) is 59.4 Å². The summed E-state index contributed by atoms with van der Waals surface area (Å²) in [6.07, 6.45) is 3.75. The van der Waals surface area contributed by atoms with E-state index < -0.39 is 0 Å². The number of hydrogen-bond acceptors (Lipinski definition) is 4. The third-order valence-electron chi connectivity index (χ3n) is 5.37. The van der Waals surface area contributed by atoms with Gasteiger partial charge in [0.05, 0.1) is 6.54 Å². The van der Waals surface area contributed by atoms with E-state index in [1.54, 1.807) is 0 Å². The molecular formula is C21H28N4O. The fourth-order valence-electron chi connectivity index (χ4n) is 3.42. The summed E-state index contributed by atoms with van der Waals surface area (Å²) in [5, 5.41) is 3.06. The van der Waals surface area contributed by atoms with Gasteiger partial charge in [-0.1, -0.05) is 18.2 Å². The van der Waals surface area contributed by atoms with Gasteiger partial charge in [0, 0.05) is 50.3 Å². The standard InChI is InChI=1S/C21H28N4O/c1-16-6-4-8-20(17(16)2)23-21(26)15-24-10-12-25(13-11-24)18(3)19-7-5-9-22-14-19/h4-9,14,18H,10-13,15H2,1-3H3,(H,23,26). The number of aryl methyl sites for hydroxylation is 1. The monoisotopic (exact) mass is 352 g/mol. The molecule has 1 aliphatic heterocycles. The van der Waals surface area contributed by atoms with Crippen LogP contribution in [0.4, 0.5) is 5.69 Å². The van der Waals surface area contributed by atoms with Gasteiger partial charge in [-0.05, 0) is 49.6 Å². The molecule has 5 heteroatoms. The van der Waals surface area contributed by atoms with Crippen molar-refractivity contribution in [2.24, 2.45) is 0 Å². The number of hydrogen-bond donors (Lipinski definition) is 1. The highest BCUT2D eigenvalue weighted by atomic mass is 16.2. The van der Waals surface area contributed by atoms with Crippen LogP contribution in [0, 0.1) is 13.8 Å². The van der Waals surface area contributed by atoms with Gasteiger partial charge in [0.2, 0.25) is 5.91 Å². The van der Waals surface area contributed by atoms with Crippen molar-refractivity contribution in [1.82, 2.24) is 14.8 Å². The summed E-state index contributed by atoms with van der Waals surface area (Å²) in [5.41, 5.74) is 4.49. The molecule has 5 nitrogen and oxygen atoms in total. The van der Waals surface area contributed by atoms with Crippen LogP contribution >= 0.6 is 0 Å². The average Bonchev–Trinajstić information content (AvgIpc) is 2.66. The number of anilines is 1. The van der Waals surface area contributed by atoms with Crippen LogP contribution in [0.25, 0.3) is 0 Å². The Labute approximate surface area is 156 Å². The van der Waals surface area contributed by atoms with E-state index in [-0.39, 0.29) is 5.91 Å². The second-order valence-electron chi connectivity index (χ2n) is 7.07. The summed E-state index contributed by atoms with van der Waals surface area (Å²) < 4.78 is 0. The van der Waals surface area contributed by atoms with Crippen LogP contribution in [0.3, 0.4) is 0 Å². The maximum Gasteiger partial charge on any atom is 0.238 e. The molecule has 0 aliphatic carbocycles. The lowest BCUT2D eigenvalue weighted by molar-refractivity contribution is -0.117. The topological polar surface area (TPSA) is 48.5 Å². The lowest BCUT2D eigenvalue weighted by atomic mass is 10.1. The lowest BCUT2D eigenvalue weighted by Crippen LogP contribution is -2.49. The van der Waals surface area contributed by atoms with Gasteiger partial charge in [0.25, 0.3) is 0 Å². The molecule has 138 valence electrons. The maximum absolute atomic E-state index is 12.4. The van der Waals surface area contributed by atoms with Crippen LogP contribution in [0.15, 0.2) is 42.7 Å². The van der Waals surface area contributed by atoms with Gasteiger partial charge in [0.15, 0.2) is 0 Å². The highest BCUT2D eigenvalue weighted by Crippen LogP contribution is 2.21. The second-order valence-corrected chi connectivity index (χ2v) is 7.07. The highest BCUT2D eigenvalue weighted by molar-refractivity contribution is 5.93. The van der Waals surface area contributed by atoms with E-state index in [0.717, 1.165) is 37.4 Å². The molecule has 2 heterocycles. The molecule has 1 saturated heterocycles. The number of benzene rings is 1. The second kappa shape index (κ2) is 8.43. The van der Waals surface area contributed by atoms with Crippen molar-refractivity contribution < 1.29 is 4.79 Å². The molecule has 3 rings (SSSR count). The summed E-state index contributed by atoms with van der Waals surface area (Å²) in [7, 11) is 0. The summed E-state index contributed by atoms with van der Waals surface area (Å²) in [5.74, 6) is 0.0625. The van der Waals surface area contributed by atoms with E-state index in [4.69, 9.17) is 0 Å². The Morgan fingerprint density at radius 1 is 1.15 bits per heavy atom. The molecule has 1 aromatic carbocycles. The highest BCUT2D eigenvalue weighted by Gasteiger charge is 2.23. The van der Waals surface area contributed by atoms with Crippen molar-refractivity contribution in [2.45, 2.75) is 26.8 Å². The van der Waals surface area contributed by atoms with Gasteiger partial charge in [-0.3, -0.25) is 19.6 Å². The van der Waals surface area contributed by atoms with Crippen molar-refractivity contribution in [3.8, 4) is 0 Å². The Bertz CT molecular complexity index is 739. The number of piperazine rings is 1. The maximum atomic E-state index is 12.4. The first-order chi connectivity index (χ1) is 12.5. The number of carbonyl (C=O) groups excluding carboxylic acids is 1. The largest absolute Gasteiger partial charge is 0.325 e. The summed E-state index contributed by atoms with van der Waals surface area (Å²) >= 11 is 0. The fourth-order valence-corrected chi connectivity index (χ4v) is 3.42. The van der Waals surface area contributed by atoms with Crippen LogP contribution in [-0.4, -0.2) is 53.4 Å². The minimum Gasteiger partial charge on any atom is -0.325 e. The van der Waals surface area contributed by atoms with Crippen molar-refractivity contribution in [1.29, 1.82) is 0 Å². The Morgan fingerprint density at radius 2 is 1.92 bits per heavy atom. The summed E-state index contributed by atoms with van der Waals surface area (Å²) in [6.45, 7) is 10.5. The number of rotatable bonds is 5. The quantitative estimate of drug-likeness (QED) is 0.899. The van der Waals surface area contributed by atoms with Crippen molar-refractivity contribution in [3.63, 3.8) is 0 Å². The third kappa shape index (κ3) is 4.48. The van der Waals surface area contributed by atoms with Gasteiger partial charge in [0.1, 0.15) is 0 Å². The van der Waals surface area contributed by atoms with E-state index >= 15 is 0 Å². The molecule has 0 spiro atoms. The predicted octanol–water partition coefficient (Wildman–Crippen LogP) is 3.02. The van der Waals surface area contributed by atoms with Gasteiger partial charge < -0.3 is 5.32 Å². The van der Waals surface area contributed by atoms with E-state index in [1.165, 1.54) is 11.1 Å². The Hall–Kier alpha value is -2.24. The molecule has 1 N–H and O–H groups in total. The SMILES string of the molecule is Cc1cccc(NC(=O)CN2CCN(C(C)c3cccnc3)CC2)c1C. The number of pyridine rings is 1. The zero-order valence-corrected chi connectivity index (χ0v) is 15.9. The van der Waals surface area contributed by atoms with Crippen LogP contribution in [0.1, 0.15) is 29.7 Å². The van der Waals surface area contributed by atoms with Crippen LogP contribution in [-0.2, 0) is 4.79 Å². The van der Waals surface area contributed by atoms with Crippen LogP contribution in [0.2, 0.25) is 0 Å². The molecule has 1 fully saturated rings. The third-order valence-corrected chi connectivity index (χ3v) is 5.37. The summed E-state index contributed by atoms with van der Waals surface area (Å²) in [6, 6.07) is 10.5. The fraction of sp³-hybridized carbons (Fsp3) is 0.429. The molecule has 0 bridgehead atoms. The molecular weight excluding hydrogens is 324 g/mol. The minimum atomic E-state index is 0.0625. The van der Waals surface area contributed by atoms with E-state index in [1.807, 2.05) is 37.5 Å². The zero-order valence-electron chi connectivity index (χ0n) is 15.9. The van der Waals surface area contributed by atoms with Crippen molar-refractivity contribution in [2.75, 3.05) is 38.0 Å². The van der Waals surface area contributed by atoms with E-state index in [0.29, 0.717) is 12.6 Å². The number of carbonyl (C=O) groups is 1. The molecule has 1 aromatic heterocycles. The first-order valence-corrected chi connectivity index (χ1v) is 9.27. The number of amides is 1. The van der Waals surface area contributed by atoms with Crippen molar-refractivity contribution >= 4 is 11.6 Å². The number of aromatic nitrogens is 1. The van der Waals surface area contributed by atoms with Gasteiger partial charge in [-0.2, -0.15) is 0 Å². The van der Waals surface area contributed by atoms with Gasteiger partial charge in [-0.25, -0.2) is 0 Å². The molecule has 1 unspecified atom stereocenters. The molecule has 1 atom stereocenters. The summed E-state index contributed by atoms with van der Waals surface area (Å²) in [4.78, 5) is 21.3.